The van der Waals surface area contributed by atoms with Gasteiger partial charge in [0.15, 0.2) is 0 Å². The maximum Gasteiger partial charge on any atom is 0.303 e. The van der Waals surface area contributed by atoms with E-state index >= 15 is 0 Å². The summed E-state index contributed by atoms with van der Waals surface area (Å²) >= 11 is 0. The Morgan fingerprint density at radius 3 is 2.37 bits per heavy atom. The maximum atomic E-state index is 11.6. The van der Waals surface area contributed by atoms with Crippen molar-refractivity contribution >= 4 is 11.9 Å². The SMILES string of the molecule is COc1ccc(COCC(C)CCC[C@](C)(O)[C@@H](CC/C(=C\COC(C)=O)CO)OC(C)=O)cc1. The molecule has 0 aliphatic heterocycles. The Kier molecular flexibility index (Phi) is 14.2. The first-order valence-corrected chi connectivity index (χ1v) is 12.1. The first-order valence-electron chi connectivity index (χ1n) is 12.1. The van der Waals surface area contributed by atoms with Crippen LogP contribution in [0.25, 0.3) is 0 Å². The average Bonchev–Trinajstić information content (AvgIpc) is 2.80. The van der Waals surface area contributed by atoms with Gasteiger partial charge < -0.3 is 29.2 Å². The smallest absolute Gasteiger partial charge is 0.303 e. The van der Waals surface area contributed by atoms with Crippen LogP contribution in [0, 0.1) is 5.92 Å². The molecule has 1 aromatic rings. The van der Waals surface area contributed by atoms with Gasteiger partial charge in [-0.25, -0.2) is 0 Å². The molecule has 0 heterocycles. The van der Waals surface area contributed by atoms with Crippen LogP contribution < -0.4 is 4.74 Å². The fourth-order valence-electron chi connectivity index (χ4n) is 3.69. The molecule has 8 nitrogen and oxygen atoms in total. The van der Waals surface area contributed by atoms with Gasteiger partial charge in [-0.05, 0) is 67.9 Å². The zero-order chi connectivity index (χ0) is 26.3. The number of hydrogen-bond acceptors (Lipinski definition) is 8. The Hall–Kier alpha value is -2.42. The first-order chi connectivity index (χ1) is 16.6. The third-order valence-corrected chi connectivity index (χ3v) is 5.80. The van der Waals surface area contributed by atoms with Gasteiger partial charge in [-0.3, -0.25) is 9.59 Å². The van der Waals surface area contributed by atoms with Crippen LogP contribution in [0.15, 0.2) is 35.9 Å². The summed E-state index contributed by atoms with van der Waals surface area (Å²) in [6, 6.07) is 7.76. The van der Waals surface area contributed by atoms with Crippen molar-refractivity contribution in [2.45, 2.75) is 78.1 Å². The summed E-state index contributed by atoms with van der Waals surface area (Å²) < 4.78 is 21.3. The van der Waals surface area contributed by atoms with Gasteiger partial charge in [0.25, 0.3) is 0 Å². The molecule has 0 fully saturated rings. The number of aliphatic hydroxyl groups is 2. The molecule has 1 aromatic carbocycles. The van der Waals surface area contributed by atoms with Gasteiger partial charge in [-0.1, -0.05) is 25.5 Å². The first kappa shape index (κ1) is 30.6. The molecule has 0 aliphatic carbocycles. The molecule has 35 heavy (non-hydrogen) atoms. The highest BCUT2D eigenvalue weighted by molar-refractivity contribution is 5.66. The molecule has 0 aromatic heterocycles. The second kappa shape index (κ2) is 16.3. The van der Waals surface area contributed by atoms with E-state index in [2.05, 4.69) is 6.92 Å². The summed E-state index contributed by atoms with van der Waals surface area (Å²) in [5.41, 5.74) is 0.516. The predicted molar refractivity (Wildman–Crippen MR) is 133 cm³/mol. The van der Waals surface area contributed by atoms with Crippen LogP contribution in [-0.4, -0.2) is 60.8 Å². The van der Waals surface area contributed by atoms with E-state index in [-0.39, 0.29) is 13.2 Å². The van der Waals surface area contributed by atoms with Crippen LogP contribution in [0.2, 0.25) is 0 Å². The third-order valence-electron chi connectivity index (χ3n) is 5.80. The Bertz CT molecular complexity index is 785. The third kappa shape index (κ3) is 13.3. The standard InChI is InChI=1S/C27H42O8/c1-20(18-33-19-24-8-11-25(32-5)12-9-24)7-6-15-27(4,31)26(35-22(3)30)13-10-23(17-28)14-16-34-21(2)29/h8-9,11-12,14,20,26,28,31H,6-7,10,13,15-19H2,1-5H3/b23-14+/t20?,26-,27+/m1/s1. The molecule has 198 valence electrons. The number of carbonyl (C=O) groups is 2. The molecule has 3 atom stereocenters. The normalized spacial score (nSPS) is 15.1. The molecule has 1 unspecified atom stereocenters. The minimum atomic E-state index is -1.22. The highest BCUT2D eigenvalue weighted by Crippen LogP contribution is 2.27. The highest BCUT2D eigenvalue weighted by Gasteiger charge is 2.34. The van der Waals surface area contributed by atoms with Crippen LogP contribution in [0.4, 0.5) is 0 Å². The average molecular weight is 495 g/mol. The van der Waals surface area contributed by atoms with Crippen LogP contribution in [0.1, 0.15) is 65.4 Å². The van der Waals surface area contributed by atoms with Crippen molar-refractivity contribution in [3.63, 3.8) is 0 Å². The zero-order valence-electron chi connectivity index (χ0n) is 21.7. The van der Waals surface area contributed by atoms with Crippen LogP contribution in [0.5, 0.6) is 5.75 Å². The van der Waals surface area contributed by atoms with Gasteiger partial charge in [-0.15, -0.1) is 0 Å². The van der Waals surface area contributed by atoms with Crippen LogP contribution in [0.3, 0.4) is 0 Å². The monoisotopic (exact) mass is 494 g/mol. The molecule has 0 aliphatic rings. The maximum absolute atomic E-state index is 11.6. The molecule has 0 amide bonds. The van der Waals surface area contributed by atoms with Crippen molar-refractivity contribution < 1.29 is 38.7 Å². The van der Waals surface area contributed by atoms with Crippen LogP contribution in [-0.2, 0) is 30.4 Å². The number of methoxy groups -OCH3 is 1. The molecule has 0 saturated heterocycles. The van der Waals surface area contributed by atoms with Gasteiger partial charge in [-0.2, -0.15) is 0 Å². The Morgan fingerprint density at radius 2 is 1.80 bits per heavy atom. The molecule has 0 spiro atoms. The van der Waals surface area contributed by atoms with E-state index in [1.165, 1.54) is 13.8 Å². The Morgan fingerprint density at radius 1 is 1.11 bits per heavy atom. The van der Waals surface area contributed by atoms with Crippen molar-refractivity contribution in [1.82, 2.24) is 0 Å². The molecular formula is C27H42O8. The zero-order valence-corrected chi connectivity index (χ0v) is 21.7. The number of hydrogen-bond donors (Lipinski definition) is 2. The van der Waals surface area contributed by atoms with Gasteiger partial charge in [0.2, 0.25) is 0 Å². The lowest BCUT2D eigenvalue weighted by molar-refractivity contribution is -0.162. The van der Waals surface area contributed by atoms with Gasteiger partial charge in [0.05, 0.1) is 25.9 Å². The molecule has 0 saturated carbocycles. The Labute approximate surface area is 209 Å². The minimum Gasteiger partial charge on any atom is -0.497 e. The van der Waals surface area contributed by atoms with Gasteiger partial charge in [0.1, 0.15) is 18.5 Å². The molecular weight excluding hydrogens is 452 g/mol. The summed E-state index contributed by atoms with van der Waals surface area (Å²) in [6.45, 7) is 7.40. The summed E-state index contributed by atoms with van der Waals surface area (Å²) in [7, 11) is 1.64. The molecule has 0 bridgehead atoms. The summed E-state index contributed by atoms with van der Waals surface area (Å²) in [5, 5.41) is 20.6. The summed E-state index contributed by atoms with van der Waals surface area (Å²) in [4.78, 5) is 22.5. The van der Waals surface area contributed by atoms with E-state index in [9.17, 15) is 19.8 Å². The molecule has 8 heteroatoms. The molecule has 2 N–H and O–H groups in total. The van der Waals surface area contributed by atoms with Crippen molar-refractivity contribution in [2.75, 3.05) is 26.9 Å². The Balaban J connectivity index is 2.49. The lowest BCUT2D eigenvalue weighted by Gasteiger charge is -2.33. The number of carbonyl (C=O) groups excluding carboxylic acids is 2. The van der Waals surface area contributed by atoms with Crippen molar-refractivity contribution in [2.24, 2.45) is 5.92 Å². The summed E-state index contributed by atoms with van der Waals surface area (Å²) in [6.07, 6.45) is 3.72. The number of esters is 2. The number of benzene rings is 1. The van der Waals surface area contributed by atoms with Gasteiger partial charge >= 0.3 is 11.9 Å². The number of rotatable bonds is 17. The van der Waals surface area contributed by atoms with Crippen molar-refractivity contribution in [3.8, 4) is 5.75 Å². The second-order valence-corrected chi connectivity index (χ2v) is 9.18. The fraction of sp³-hybridized carbons (Fsp3) is 0.630. The van der Waals surface area contributed by atoms with Crippen LogP contribution >= 0.6 is 0 Å². The lowest BCUT2D eigenvalue weighted by Crippen LogP contribution is -2.42. The highest BCUT2D eigenvalue weighted by atomic mass is 16.6. The van der Waals surface area contributed by atoms with Crippen molar-refractivity contribution in [1.29, 1.82) is 0 Å². The van der Waals surface area contributed by atoms with E-state index in [1.54, 1.807) is 20.1 Å². The van der Waals surface area contributed by atoms with Gasteiger partial charge in [0, 0.05) is 20.5 Å². The van der Waals surface area contributed by atoms with Crippen molar-refractivity contribution in [3.05, 3.63) is 41.5 Å². The van der Waals surface area contributed by atoms with E-state index in [4.69, 9.17) is 18.9 Å². The van der Waals surface area contributed by atoms with E-state index in [0.29, 0.717) is 44.0 Å². The lowest BCUT2D eigenvalue weighted by atomic mass is 9.87. The topological polar surface area (TPSA) is 112 Å². The number of ether oxygens (including phenoxy) is 4. The largest absolute Gasteiger partial charge is 0.497 e. The minimum absolute atomic E-state index is 0.0677. The van der Waals surface area contributed by atoms with E-state index in [1.807, 2.05) is 24.3 Å². The van der Waals surface area contributed by atoms with E-state index in [0.717, 1.165) is 24.2 Å². The molecule has 1 rings (SSSR count). The molecule has 0 radical (unpaired) electrons. The number of aliphatic hydroxyl groups excluding tert-OH is 1. The quantitative estimate of drug-likeness (QED) is 0.247. The van der Waals surface area contributed by atoms with E-state index < -0.39 is 23.6 Å². The predicted octanol–water partition coefficient (Wildman–Crippen LogP) is 3.96. The second-order valence-electron chi connectivity index (χ2n) is 9.18. The fourth-order valence-corrected chi connectivity index (χ4v) is 3.69. The summed E-state index contributed by atoms with van der Waals surface area (Å²) in [5.74, 6) is 0.248.